The number of rotatable bonds is 5. The quantitative estimate of drug-likeness (QED) is 0.800. The standard InChI is InChI=1S/C18H26BF2NO3/c1-10(2)6-11(18(3,4)5)8-22-17(23)15-12-9-25-19(24)13(12)7-14(20)16(15)21/h7,10-11,24H,6,8-9H2,1-5H3,(H,22,23). The van der Waals surface area contributed by atoms with E-state index in [0.717, 1.165) is 12.5 Å². The van der Waals surface area contributed by atoms with Gasteiger partial charge in [0.15, 0.2) is 11.6 Å². The molecule has 7 heteroatoms. The van der Waals surface area contributed by atoms with Crippen molar-refractivity contribution in [1.29, 1.82) is 0 Å². The Morgan fingerprint density at radius 2 is 2.04 bits per heavy atom. The highest BCUT2D eigenvalue weighted by atomic mass is 19.2. The Balaban J connectivity index is 2.23. The molecule has 0 saturated carbocycles. The van der Waals surface area contributed by atoms with Gasteiger partial charge in [-0.2, -0.15) is 0 Å². The highest BCUT2D eigenvalue weighted by Gasteiger charge is 2.35. The lowest BCUT2D eigenvalue weighted by molar-refractivity contribution is 0.0919. The molecule has 0 aliphatic carbocycles. The molecular formula is C18H26BF2NO3. The molecule has 1 aromatic rings. The second-order valence-electron chi connectivity index (χ2n) is 8.18. The van der Waals surface area contributed by atoms with Gasteiger partial charge in [-0.3, -0.25) is 4.79 Å². The molecule has 0 fully saturated rings. The highest BCUT2D eigenvalue weighted by Crippen LogP contribution is 2.31. The number of hydrogen-bond acceptors (Lipinski definition) is 3. The van der Waals surface area contributed by atoms with Crippen molar-refractivity contribution in [2.75, 3.05) is 6.54 Å². The van der Waals surface area contributed by atoms with Gasteiger partial charge in [0.05, 0.1) is 12.2 Å². The van der Waals surface area contributed by atoms with Gasteiger partial charge in [0, 0.05) is 6.54 Å². The summed E-state index contributed by atoms with van der Waals surface area (Å²) in [6.07, 6.45) is 0.912. The van der Waals surface area contributed by atoms with Crippen LogP contribution in [-0.2, 0) is 11.3 Å². The first-order chi connectivity index (χ1) is 11.5. The van der Waals surface area contributed by atoms with Crippen LogP contribution in [0.25, 0.3) is 0 Å². The van der Waals surface area contributed by atoms with E-state index in [9.17, 15) is 18.6 Å². The molecule has 2 N–H and O–H groups in total. The molecule has 0 bridgehead atoms. The summed E-state index contributed by atoms with van der Waals surface area (Å²) in [5, 5.41) is 12.4. The second kappa shape index (κ2) is 7.42. The molecule has 25 heavy (non-hydrogen) atoms. The molecule has 0 radical (unpaired) electrons. The number of carbonyl (C=O) groups excluding carboxylic acids is 1. The van der Waals surface area contributed by atoms with E-state index in [-0.39, 0.29) is 34.5 Å². The van der Waals surface area contributed by atoms with Gasteiger partial charge in [0.1, 0.15) is 0 Å². The molecule has 1 atom stereocenters. The molecule has 4 nitrogen and oxygen atoms in total. The summed E-state index contributed by atoms with van der Waals surface area (Å²) in [6.45, 7) is 10.8. The minimum atomic E-state index is -1.33. The lowest BCUT2D eigenvalue weighted by Gasteiger charge is -2.32. The van der Waals surface area contributed by atoms with Crippen molar-refractivity contribution < 1.29 is 23.3 Å². The van der Waals surface area contributed by atoms with Crippen molar-refractivity contribution in [1.82, 2.24) is 5.32 Å². The number of amides is 1. The molecule has 2 rings (SSSR count). The third kappa shape index (κ3) is 4.39. The van der Waals surface area contributed by atoms with Crippen molar-refractivity contribution in [3.63, 3.8) is 0 Å². The van der Waals surface area contributed by atoms with Crippen LogP contribution in [0.2, 0.25) is 0 Å². The average molecular weight is 353 g/mol. The fourth-order valence-electron chi connectivity index (χ4n) is 3.16. The third-order valence-corrected chi connectivity index (χ3v) is 4.73. The largest absolute Gasteiger partial charge is 0.491 e. The van der Waals surface area contributed by atoms with Gasteiger partial charge in [-0.05, 0) is 40.8 Å². The van der Waals surface area contributed by atoms with Crippen molar-refractivity contribution >= 4 is 18.5 Å². The number of carbonyl (C=O) groups is 1. The zero-order valence-corrected chi connectivity index (χ0v) is 15.5. The molecular weight excluding hydrogens is 327 g/mol. The van der Waals surface area contributed by atoms with Gasteiger partial charge >= 0.3 is 7.12 Å². The first-order valence-electron chi connectivity index (χ1n) is 8.61. The van der Waals surface area contributed by atoms with Crippen LogP contribution in [0.3, 0.4) is 0 Å². The van der Waals surface area contributed by atoms with Gasteiger partial charge in [-0.1, -0.05) is 34.6 Å². The normalized spacial score (nSPS) is 15.5. The summed E-state index contributed by atoms with van der Waals surface area (Å²) < 4.78 is 33.0. The molecule has 138 valence electrons. The van der Waals surface area contributed by atoms with Crippen LogP contribution >= 0.6 is 0 Å². The lowest BCUT2D eigenvalue weighted by atomic mass is 9.76. The van der Waals surface area contributed by atoms with E-state index in [1.807, 2.05) is 0 Å². The predicted molar refractivity (Wildman–Crippen MR) is 93.5 cm³/mol. The predicted octanol–water partition coefficient (Wildman–Crippen LogP) is 2.62. The zero-order valence-electron chi connectivity index (χ0n) is 15.5. The molecule has 0 saturated heterocycles. The van der Waals surface area contributed by atoms with Crippen LogP contribution in [0, 0.1) is 28.9 Å². The van der Waals surface area contributed by atoms with Gasteiger partial charge in [-0.25, -0.2) is 8.78 Å². The molecule has 0 aromatic heterocycles. The lowest BCUT2D eigenvalue weighted by Crippen LogP contribution is -2.38. The van der Waals surface area contributed by atoms with Crippen molar-refractivity contribution in [2.24, 2.45) is 17.3 Å². The molecule has 1 aliphatic heterocycles. The number of hydrogen-bond donors (Lipinski definition) is 2. The fraction of sp³-hybridized carbons (Fsp3) is 0.611. The van der Waals surface area contributed by atoms with Gasteiger partial charge in [0.25, 0.3) is 5.91 Å². The number of halogens is 2. The summed E-state index contributed by atoms with van der Waals surface area (Å²) in [6, 6.07) is 0.885. The van der Waals surface area contributed by atoms with E-state index < -0.39 is 24.7 Å². The van der Waals surface area contributed by atoms with Gasteiger partial charge < -0.3 is 15.0 Å². The minimum Gasteiger partial charge on any atom is -0.423 e. The number of nitrogens with one attached hydrogen (secondary N) is 1. The molecule has 1 aromatic carbocycles. The monoisotopic (exact) mass is 353 g/mol. The average Bonchev–Trinajstić information content (AvgIpc) is 2.84. The van der Waals surface area contributed by atoms with Crippen LogP contribution in [0.15, 0.2) is 6.07 Å². The molecule has 1 unspecified atom stereocenters. The maximum Gasteiger partial charge on any atom is 0.491 e. The molecule has 0 spiro atoms. The van der Waals surface area contributed by atoms with E-state index in [2.05, 4.69) is 39.9 Å². The Bertz CT molecular complexity index is 659. The summed E-state index contributed by atoms with van der Waals surface area (Å²) >= 11 is 0. The summed E-state index contributed by atoms with van der Waals surface area (Å²) in [7, 11) is -1.33. The molecule has 1 aliphatic rings. The van der Waals surface area contributed by atoms with Crippen LogP contribution < -0.4 is 10.8 Å². The Hall–Kier alpha value is -1.47. The van der Waals surface area contributed by atoms with Crippen LogP contribution in [0.1, 0.15) is 57.0 Å². The molecule has 1 amide bonds. The Kier molecular flexibility index (Phi) is 5.89. The van der Waals surface area contributed by atoms with Gasteiger partial charge in [-0.15, -0.1) is 0 Å². The minimum absolute atomic E-state index is 0.0285. The first-order valence-corrected chi connectivity index (χ1v) is 8.61. The maximum atomic E-state index is 14.2. The molecule has 1 heterocycles. The topological polar surface area (TPSA) is 58.6 Å². The number of fused-ring (bicyclic) bond motifs is 1. The first kappa shape index (κ1) is 19.9. The summed E-state index contributed by atoms with van der Waals surface area (Å²) in [5.74, 6) is -2.39. The number of benzene rings is 1. The maximum absolute atomic E-state index is 14.2. The summed E-state index contributed by atoms with van der Waals surface area (Å²) in [5.41, 5.74) is -0.0818. The zero-order chi connectivity index (χ0) is 18.9. The third-order valence-electron chi connectivity index (χ3n) is 4.73. The van der Waals surface area contributed by atoms with E-state index in [1.54, 1.807) is 0 Å². The van der Waals surface area contributed by atoms with Crippen molar-refractivity contribution in [2.45, 2.75) is 47.6 Å². The van der Waals surface area contributed by atoms with Crippen LogP contribution in [0.5, 0.6) is 0 Å². The Labute approximate surface area is 148 Å². The highest BCUT2D eigenvalue weighted by molar-refractivity contribution is 6.61. The van der Waals surface area contributed by atoms with E-state index >= 15 is 0 Å². The fourth-order valence-corrected chi connectivity index (χ4v) is 3.16. The SMILES string of the molecule is CC(C)CC(CNC(=O)c1c(F)c(F)cc2c1COB2O)C(C)(C)C. The van der Waals surface area contributed by atoms with Crippen LogP contribution in [0.4, 0.5) is 8.78 Å². The van der Waals surface area contributed by atoms with Gasteiger partial charge in [0.2, 0.25) is 0 Å². The van der Waals surface area contributed by atoms with Crippen molar-refractivity contribution in [3.8, 4) is 0 Å². The smallest absolute Gasteiger partial charge is 0.423 e. The Morgan fingerprint density at radius 1 is 1.40 bits per heavy atom. The van der Waals surface area contributed by atoms with Crippen LogP contribution in [-0.4, -0.2) is 24.6 Å². The summed E-state index contributed by atoms with van der Waals surface area (Å²) in [4.78, 5) is 12.5. The second-order valence-corrected chi connectivity index (χ2v) is 8.18. The van der Waals surface area contributed by atoms with E-state index in [4.69, 9.17) is 4.65 Å². The van der Waals surface area contributed by atoms with E-state index in [1.165, 1.54) is 0 Å². The van der Waals surface area contributed by atoms with E-state index in [0.29, 0.717) is 12.5 Å². The van der Waals surface area contributed by atoms with Crippen molar-refractivity contribution in [3.05, 3.63) is 28.8 Å². The Morgan fingerprint density at radius 3 is 2.60 bits per heavy atom.